The van der Waals surface area contributed by atoms with Gasteiger partial charge in [-0.05, 0) is 36.2 Å². The van der Waals surface area contributed by atoms with Gasteiger partial charge in [0.05, 0.1) is 31.9 Å². The topological polar surface area (TPSA) is 98.4 Å². The first-order chi connectivity index (χ1) is 16.5. The molecule has 8 heteroatoms. The number of hydrogen-bond acceptors (Lipinski definition) is 7. The molecule has 1 aliphatic rings. The van der Waals surface area contributed by atoms with Crippen LogP contribution in [0.25, 0.3) is 11.0 Å². The summed E-state index contributed by atoms with van der Waals surface area (Å²) in [4.78, 5) is 28.0. The van der Waals surface area contributed by atoms with Crippen molar-refractivity contribution in [1.29, 1.82) is 0 Å². The summed E-state index contributed by atoms with van der Waals surface area (Å²) >= 11 is 0. The average molecular weight is 466 g/mol. The van der Waals surface area contributed by atoms with Crippen LogP contribution in [0, 0.1) is 0 Å². The molecule has 34 heavy (non-hydrogen) atoms. The van der Waals surface area contributed by atoms with Crippen molar-refractivity contribution in [2.75, 3.05) is 34.0 Å². The van der Waals surface area contributed by atoms with E-state index < -0.39 is 23.5 Å². The number of methoxy groups -OCH3 is 2. The van der Waals surface area contributed by atoms with Crippen molar-refractivity contribution < 1.29 is 33.3 Å². The first-order valence-corrected chi connectivity index (χ1v) is 11.1. The number of ether oxygens (including phenoxy) is 3. The Morgan fingerprint density at radius 1 is 1.12 bits per heavy atom. The number of benzene rings is 2. The zero-order valence-corrected chi connectivity index (χ0v) is 19.4. The lowest BCUT2D eigenvalue weighted by molar-refractivity contribution is -0.130. The maximum Gasteiger partial charge on any atom is 0.290 e. The van der Waals surface area contributed by atoms with Gasteiger partial charge in [-0.25, -0.2) is 0 Å². The molecule has 0 fully saturated rings. The number of para-hydroxylation sites is 1. The number of Topliss-reactive ketones (excluding diaryl/α,β-unsaturated/α-hetero) is 1. The molecule has 1 amide bonds. The fourth-order valence-corrected chi connectivity index (χ4v) is 4.06. The van der Waals surface area contributed by atoms with Crippen LogP contribution in [0.1, 0.15) is 35.5 Å². The van der Waals surface area contributed by atoms with E-state index in [0.29, 0.717) is 34.6 Å². The molecule has 1 aromatic heterocycles. The Bertz CT molecular complexity index is 1230. The van der Waals surface area contributed by atoms with Crippen molar-refractivity contribution >= 4 is 22.7 Å². The Balaban J connectivity index is 1.75. The summed E-state index contributed by atoms with van der Waals surface area (Å²) in [6.45, 7) is 3.05. The molecule has 2 heterocycles. The van der Waals surface area contributed by atoms with Crippen LogP contribution in [0.3, 0.4) is 0 Å². The Morgan fingerprint density at radius 2 is 1.88 bits per heavy atom. The summed E-state index contributed by atoms with van der Waals surface area (Å²) in [5.41, 5.74) is 1.04. The summed E-state index contributed by atoms with van der Waals surface area (Å²) < 4.78 is 21.9. The van der Waals surface area contributed by atoms with Gasteiger partial charge in [-0.1, -0.05) is 31.2 Å². The number of amides is 1. The van der Waals surface area contributed by atoms with E-state index in [1.165, 1.54) is 19.1 Å². The Labute approximate surface area is 197 Å². The molecule has 2 aromatic carbocycles. The van der Waals surface area contributed by atoms with Gasteiger partial charge in [0.2, 0.25) is 5.78 Å². The average Bonchev–Trinajstić information content (AvgIpc) is 3.40. The van der Waals surface area contributed by atoms with Crippen LogP contribution in [-0.2, 0) is 9.53 Å². The molecule has 1 N–H and O–H groups in total. The van der Waals surface area contributed by atoms with E-state index >= 15 is 0 Å². The lowest BCUT2D eigenvalue weighted by atomic mass is 9.95. The van der Waals surface area contributed by atoms with Crippen LogP contribution in [0.5, 0.6) is 11.5 Å². The SMILES string of the molecule is CCCOc1ccc(C2C(C(=O)c3cc4cccc(OC)c4o3)=C(O)C(=O)N2CCOC)cc1. The van der Waals surface area contributed by atoms with Gasteiger partial charge < -0.3 is 28.6 Å². The fraction of sp³-hybridized carbons (Fsp3) is 0.308. The molecule has 1 aliphatic heterocycles. The number of carbonyl (C=O) groups excluding carboxylic acids is 2. The van der Waals surface area contributed by atoms with Crippen molar-refractivity contribution in [3.8, 4) is 11.5 Å². The quantitative estimate of drug-likeness (QED) is 0.442. The lowest BCUT2D eigenvalue weighted by Gasteiger charge is -2.26. The molecule has 4 rings (SSSR count). The van der Waals surface area contributed by atoms with E-state index in [-0.39, 0.29) is 24.5 Å². The molecule has 0 saturated carbocycles. The van der Waals surface area contributed by atoms with Gasteiger partial charge in [-0.3, -0.25) is 9.59 Å². The van der Waals surface area contributed by atoms with Crippen LogP contribution in [0.4, 0.5) is 0 Å². The number of rotatable bonds is 10. The van der Waals surface area contributed by atoms with Gasteiger partial charge in [0.25, 0.3) is 5.91 Å². The maximum absolute atomic E-state index is 13.6. The number of ketones is 1. The van der Waals surface area contributed by atoms with Crippen LogP contribution in [0.15, 0.2) is 64.3 Å². The van der Waals surface area contributed by atoms with Gasteiger partial charge in [0.15, 0.2) is 22.9 Å². The Hall–Kier alpha value is -3.78. The van der Waals surface area contributed by atoms with E-state index in [1.54, 1.807) is 48.5 Å². The van der Waals surface area contributed by atoms with E-state index in [1.807, 2.05) is 6.92 Å². The van der Waals surface area contributed by atoms with Crippen LogP contribution >= 0.6 is 0 Å². The number of fused-ring (bicyclic) bond motifs is 1. The normalized spacial score (nSPS) is 15.9. The molecule has 0 spiro atoms. The van der Waals surface area contributed by atoms with Gasteiger partial charge in [-0.15, -0.1) is 0 Å². The minimum absolute atomic E-state index is 0.00957. The molecule has 1 unspecified atom stereocenters. The molecular weight excluding hydrogens is 438 g/mol. The number of aliphatic hydroxyl groups excluding tert-OH is 1. The van der Waals surface area contributed by atoms with Crippen molar-refractivity contribution in [1.82, 2.24) is 4.90 Å². The summed E-state index contributed by atoms with van der Waals surface area (Å²) in [5, 5.41) is 11.5. The molecule has 0 aliphatic carbocycles. The largest absolute Gasteiger partial charge is 0.503 e. The predicted molar refractivity (Wildman–Crippen MR) is 125 cm³/mol. The van der Waals surface area contributed by atoms with Crippen LogP contribution in [0.2, 0.25) is 0 Å². The number of hydrogen-bond donors (Lipinski definition) is 1. The molecule has 0 radical (unpaired) electrons. The number of aliphatic hydroxyl groups is 1. The zero-order valence-electron chi connectivity index (χ0n) is 19.4. The second-order valence-corrected chi connectivity index (χ2v) is 7.89. The summed E-state index contributed by atoms with van der Waals surface area (Å²) in [5.74, 6) is -0.618. The first kappa shape index (κ1) is 23.4. The highest BCUT2D eigenvalue weighted by Crippen LogP contribution is 2.40. The molecule has 8 nitrogen and oxygen atoms in total. The zero-order chi connectivity index (χ0) is 24.2. The molecule has 1 atom stereocenters. The monoisotopic (exact) mass is 465 g/mol. The Morgan fingerprint density at radius 3 is 2.56 bits per heavy atom. The second-order valence-electron chi connectivity index (χ2n) is 7.89. The fourth-order valence-electron chi connectivity index (χ4n) is 4.06. The second kappa shape index (κ2) is 10.0. The molecule has 0 bridgehead atoms. The minimum atomic E-state index is -0.800. The summed E-state index contributed by atoms with van der Waals surface area (Å²) in [6.07, 6.45) is 0.876. The van der Waals surface area contributed by atoms with E-state index in [9.17, 15) is 14.7 Å². The number of carbonyl (C=O) groups is 2. The smallest absolute Gasteiger partial charge is 0.290 e. The van der Waals surface area contributed by atoms with E-state index in [4.69, 9.17) is 18.6 Å². The summed E-state index contributed by atoms with van der Waals surface area (Å²) in [7, 11) is 3.04. The van der Waals surface area contributed by atoms with Gasteiger partial charge >= 0.3 is 0 Å². The van der Waals surface area contributed by atoms with E-state index in [0.717, 1.165) is 6.42 Å². The van der Waals surface area contributed by atoms with Crippen molar-refractivity contribution in [2.24, 2.45) is 0 Å². The minimum Gasteiger partial charge on any atom is -0.503 e. The maximum atomic E-state index is 13.6. The summed E-state index contributed by atoms with van der Waals surface area (Å²) in [6, 6.07) is 13.2. The van der Waals surface area contributed by atoms with Crippen LogP contribution in [-0.4, -0.2) is 55.7 Å². The number of furan rings is 1. The van der Waals surface area contributed by atoms with Crippen molar-refractivity contribution in [2.45, 2.75) is 19.4 Å². The molecular formula is C26H27NO7. The van der Waals surface area contributed by atoms with Crippen molar-refractivity contribution in [3.05, 3.63) is 71.2 Å². The van der Waals surface area contributed by atoms with Crippen LogP contribution < -0.4 is 9.47 Å². The van der Waals surface area contributed by atoms with E-state index in [2.05, 4.69) is 0 Å². The highest BCUT2D eigenvalue weighted by Gasteiger charge is 2.44. The highest BCUT2D eigenvalue weighted by molar-refractivity contribution is 6.16. The molecule has 178 valence electrons. The lowest BCUT2D eigenvalue weighted by Crippen LogP contribution is -2.34. The van der Waals surface area contributed by atoms with Gasteiger partial charge in [0.1, 0.15) is 5.75 Å². The first-order valence-electron chi connectivity index (χ1n) is 11.1. The van der Waals surface area contributed by atoms with Gasteiger partial charge in [-0.2, -0.15) is 0 Å². The number of nitrogens with zero attached hydrogens (tertiary/aromatic N) is 1. The third-order valence-electron chi connectivity index (χ3n) is 5.70. The highest BCUT2D eigenvalue weighted by atomic mass is 16.5. The molecule has 3 aromatic rings. The third kappa shape index (κ3) is 4.24. The van der Waals surface area contributed by atoms with Crippen molar-refractivity contribution in [3.63, 3.8) is 0 Å². The van der Waals surface area contributed by atoms with Gasteiger partial charge in [0, 0.05) is 19.0 Å². The third-order valence-corrected chi connectivity index (χ3v) is 5.70. The Kier molecular flexibility index (Phi) is 6.88. The molecule has 0 saturated heterocycles. The standard InChI is InChI=1S/C26H27NO7/c1-4-13-33-18-10-8-16(9-11-18)22-21(24(29)26(30)27(22)12-14-31-2)23(28)20-15-17-6-5-7-19(32-3)25(17)34-20/h5-11,15,22,29H,4,12-14H2,1-3H3. The predicted octanol–water partition coefficient (Wildman–Crippen LogP) is 4.45.